The quantitative estimate of drug-likeness (QED) is 0.689. The molecule has 0 aliphatic heterocycles. The number of aromatic nitrogens is 2. The number of hydrogen-bond acceptors (Lipinski definition) is 3. The number of rotatable bonds is 7. The second-order valence-electron chi connectivity index (χ2n) is 5.88. The van der Waals surface area contributed by atoms with Gasteiger partial charge in [-0.05, 0) is 42.8 Å². The van der Waals surface area contributed by atoms with E-state index in [9.17, 15) is 13.6 Å². The standard InChI is InChI=1S/C20H19F2N3O2/c1-2-25-17(8-9-24-25)12-23-20(26)15-5-3-4-14(10-15)13-27-19-7-6-16(21)11-18(19)22/h3-11H,2,12-13H2,1H3,(H,23,26). The van der Waals surface area contributed by atoms with Crippen LogP contribution in [-0.4, -0.2) is 15.7 Å². The molecule has 0 spiro atoms. The van der Waals surface area contributed by atoms with Crippen LogP contribution in [0.5, 0.6) is 5.75 Å². The zero-order valence-electron chi connectivity index (χ0n) is 14.8. The molecule has 2 aromatic carbocycles. The number of halogens is 2. The summed E-state index contributed by atoms with van der Waals surface area (Å²) in [5.74, 6) is -1.70. The average molecular weight is 371 g/mol. The highest BCUT2D eigenvalue weighted by Gasteiger charge is 2.09. The molecule has 27 heavy (non-hydrogen) atoms. The summed E-state index contributed by atoms with van der Waals surface area (Å²) in [6.45, 7) is 3.14. The third kappa shape index (κ3) is 4.69. The Balaban J connectivity index is 1.61. The van der Waals surface area contributed by atoms with Crippen LogP contribution in [0.2, 0.25) is 0 Å². The van der Waals surface area contributed by atoms with Crippen LogP contribution in [-0.2, 0) is 19.7 Å². The molecule has 3 rings (SSSR count). The molecule has 0 aliphatic rings. The van der Waals surface area contributed by atoms with Crippen LogP contribution in [0.4, 0.5) is 8.78 Å². The summed E-state index contributed by atoms with van der Waals surface area (Å²) >= 11 is 0. The molecule has 1 aromatic heterocycles. The molecule has 1 heterocycles. The van der Waals surface area contributed by atoms with Gasteiger partial charge in [-0.2, -0.15) is 5.10 Å². The Hall–Kier alpha value is -3.22. The van der Waals surface area contributed by atoms with Crippen molar-refractivity contribution < 1.29 is 18.3 Å². The van der Waals surface area contributed by atoms with Gasteiger partial charge in [0.15, 0.2) is 11.6 Å². The summed E-state index contributed by atoms with van der Waals surface area (Å²) in [6, 6.07) is 11.8. The maximum absolute atomic E-state index is 13.6. The molecule has 1 amide bonds. The Bertz CT molecular complexity index is 940. The number of carbonyl (C=O) groups is 1. The topological polar surface area (TPSA) is 56.2 Å². The van der Waals surface area contributed by atoms with Gasteiger partial charge in [0.2, 0.25) is 0 Å². The first-order valence-electron chi connectivity index (χ1n) is 8.52. The lowest BCUT2D eigenvalue weighted by atomic mass is 10.1. The van der Waals surface area contributed by atoms with Crippen molar-refractivity contribution in [3.63, 3.8) is 0 Å². The summed E-state index contributed by atoms with van der Waals surface area (Å²) in [4.78, 5) is 12.4. The third-order valence-corrected chi connectivity index (χ3v) is 4.01. The SMILES string of the molecule is CCn1nccc1CNC(=O)c1cccc(COc2ccc(F)cc2F)c1. The van der Waals surface area contributed by atoms with Gasteiger partial charge in [0.05, 0.1) is 12.2 Å². The number of hydrogen-bond donors (Lipinski definition) is 1. The van der Waals surface area contributed by atoms with Crippen molar-refractivity contribution in [2.24, 2.45) is 0 Å². The molecule has 0 saturated heterocycles. The summed E-state index contributed by atoms with van der Waals surface area (Å²) < 4.78 is 33.7. The number of carbonyl (C=O) groups excluding carboxylic acids is 1. The number of ether oxygens (including phenoxy) is 1. The molecule has 5 nitrogen and oxygen atoms in total. The van der Waals surface area contributed by atoms with Gasteiger partial charge in [0, 0.05) is 24.4 Å². The lowest BCUT2D eigenvalue weighted by molar-refractivity contribution is 0.0949. The first kappa shape index (κ1) is 18.6. The molecule has 0 atom stereocenters. The highest BCUT2D eigenvalue weighted by Crippen LogP contribution is 2.19. The molecule has 0 aliphatic carbocycles. The lowest BCUT2D eigenvalue weighted by Gasteiger charge is -2.10. The van der Waals surface area contributed by atoms with E-state index in [4.69, 9.17) is 4.74 Å². The first-order valence-corrected chi connectivity index (χ1v) is 8.52. The van der Waals surface area contributed by atoms with Crippen LogP contribution in [0.25, 0.3) is 0 Å². The number of amides is 1. The monoisotopic (exact) mass is 371 g/mol. The minimum atomic E-state index is -0.767. The maximum atomic E-state index is 13.6. The molecule has 0 unspecified atom stereocenters. The van der Waals surface area contributed by atoms with Gasteiger partial charge >= 0.3 is 0 Å². The Morgan fingerprint density at radius 2 is 2.04 bits per heavy atom. The summed E-state index contributed by atoms with van der Waals surface area (Å²) in [6.07, 6.45) is 1.69. The van der Waals surface area contributed by atoms with E-state index in [2.05, 4.69) is 10.4 Å². The van der Waals surface area contributed by atoms with E-state index in [0.29, 0.717) is 17.7 Å². The van der Waals surface area contributed by atoms with Crippen molar-refractivity contribution in [2.45, 2.75) is 26.6 Å². The second kappa shape index (κ2) is 8.44. The maximum Gasteiger partial charge on any atom is 0.251 e. The molecule has 0 bridgehead atoms. The zero-order chi connectivity index (χ0) is 19.2. The molecule has 0 radical (unpaired) electrons. The molecule has 140 valence electrons. The van der Waals surface area contributed by atoms with Gasteiger partial charge in [0.25, 0.3) is 5.91 Å². The minimum absolute atomic E-state index is 0.0425. The summed E-state index contributed by atoms with van der Waals surface area (Å²) in [5.41, 5.74) is 2.08. The largest absolute Gasteiger partial charge is 0.486 e. The van der Waals surface area contributed by atoms with E-state index in [1.54, 1.807) is 30.5 Å². The Morgan fingerprint density at radius 1 is 1.19 bits per heavy atom. The third-order valence-electron chi connectivity index (χ3n) is 4.01. The molecule has 0 saturated carbocycles. The smallest absolute Gasteiger partial charge is 0.251 e. The highest BCUT2D eigenvalue weighted by molar-refractivity contribution is 5.94. The minimum Gasteiger partial charge on any atom is -0.486 e. The molecule has 0 fully saturated rings. The number of aryl methyl sites for hydroxylation is 1. The van der Waals surface area contributed by atoms with Crippen molar-refractivity contribution in [3.8, 4) is 5.75 Å². The Morgan fingerprint density at radius 3 is 2.81 bits per heavy atom. The van der Waals surface area contributed by atoms with E-state index >= 15 is 0 Å². The fraction of sp³-hybridized carbons (Fsp3) is 0.200. The van der Waals surface area contributed by atoms with E-state index in [-0.39, 0.29) is 18.3 Å². The fourth-order valence-corrected chi connectivity index (χ4v) is 2.62. The van der Waals surface area contributed by atoms with Gasteiger partial charge in [-0.15, -0.1) is 0 Å². The van der Waals surface area contributed by atoms with Crippen molar-refractivity contribution >= 4 is 5.91 Å². The van der Waals surface area contributed by atoms with Crippen LogP contribution < -0.4 is 10.1 Å². The van der Waals surface area contributed by atoms with E-state index in [1.165, 1.54) is 6.07 Å². The summed E-state index contributed by atoms with van der Waals surface area (Å²) in [5, 5.41) is 7.01. The van der Waals surface area contributed by atoms with Gasteiger partial charge in [-0.25, -0.2) is 8.78 Å². The molecular formula is C20H19F2N3O2. The number of benzene rings is 2. The van der Waals surface area contributed by atoms with Crippen LogP contribution in [0.15, 0.2) is 54.7 Å². The molecular weight excluding hydrogens is 352 g/mol. The first-order chi connectivity index (χ1) is 13.1. The van der Waals surface area contributed by atoms with E-state index < -0.39 is 11.6 Å². The van der Waals surface area contributed by atoms with Gasteiger partial charge < -0.3 is 10.1 Å². The van der Waals surface area contributed by atoms with Crippen LogP contribution in [0, 0.1) is 11.6 Å². The van der Waals surface area contributed by atoms with Crippen LogP contribution >= 0.6 is 0 Å². The van der Waals surface area contributed by atoms with Crippen LogP contribution in [0.3, 0.4) is 0 Å². The number of nitrogens with zero attached hydrogens (tertiary/aromatic N) is 2. The van der Waals surface area contributed by atoms with Gasteiger partial charge in [0.1, 0.15) is 12.4 Å². The number of nitrogens with one attached hydrogen (secondary N) is 1. The fourth-order valence-electron chi connectivity index (χ4n) is 2.62. The zero-order valence-corrected chi connectivity index (χ0v) is 14.8. The van der Waals surface area contributed by atoms with Gasteiger partial charge in [-0.3, -0.25) is 9.48 Å². The van der Waals surface area contributed by atoms with E-state index in [0.717, 1.165) is 24.4 Å². The average Bonchev–Trinajstić information content (AvgIpc) is 3.13. The van der Waals surface area contributed by atoms with Crippen molar-refractivity contribution in [1.82, 2.24) is 15.1 Å². The van der Waals surface area contributed by atoms with Crippen molar-refractivity contribution in [1.29, 1.82) is 0 Å². The van der Waals surface area contributed by atoms with Crippen LogP contribution in [0.1, 0.15) is 28.5 Å². The molecule has 1 N–H and O–H groups in total. The molecule has 3 aromatic rings. The van der Waals surface area contributed by atoms with E-state index in [1.807, 2.05) is 17.7 Å². The lowest BCUT2D eigenvalue weighted by Crippen LogP contribution is -2.24. The van der Waals surface area contributed by atoms with Crippen molar-refractivity contribution in [3.05, 3.63) is 83.2 Å². The highest BCUT2D eigenvalue weighted by atomic mass is 19.1. The Kier molecular flexibility index (Phi) is 5.80. The predicted molar refractivity (Wildman–Crippen MR) is 96.2 cm³/mol. The van der Waals surface area contributed by atoms with Gasteiger partial charge in [-0.1, -0.05) is 12.1 Å². The summed E-state index contributed by atoms with van der Waals surface area (Å²) in [7, 11) is 0. The predicted octanol–water partition coefficient (Wildman–Crippen LogP) is 3.69. The normalized spacial score (nSPS) is 10.6. The second-order valence-corrected chi connectivity index (χ2v) is 5.88. The Labute approximate surface area is 155 Å². The van der Waals surface area contributed by atoms with Crippen molar-refractivity contribution in [2.75, 3.05) is 0 Å². The molecule has 7 heteroatoms.